The van der Waals surface area contributed by atoms with E-state index >= 15 is 0 Å². The second kappa shape index (κ2) is 16.1. The summed E-state index contributed by atoms with van der Waals surface area (Å²) in [5, 5.41) is 8.71. The zero-order chi connectivity index (χ0) is 18.0. The summed E-state index contributed by atoms with van der Waals surface area (Å²) in [5.74, 6) is -0.211. The molecule has 0 saturated carbocycles. The predicted octanol–water partition coefficient (Wildman–Crippen LogP) is 5.91. The summed E-state index contributed by atoms with van der Waals surface area (Å²) in [6, 6.07) is 9.19. The van der Waals surface area contributed by atoms with Crippen molar-refractivity contribution >= 4 is 5.97 Å². The second-order valence-corrected chi connectivity index (χ2v) is 6.82. The summed E-state index contributed by atoms with van der Waals surface area (Å²) in [5.41, 5.74) is 0.635. The molecule has 1 N–H and O–H groups in total. The number of unbranched alkanes of at least 4 members (excludes halogenated alkanes) is 12. The Morgan fingerprint density at radius 3 is 1.60 bits per heavy atom. The molecule has 0 aromatic heterocycles. The van der Waals surface area contributed by atoms with E-state index in [-0.39, 0.29) is 5.97 Å². The van der Waals surface area contributed by atoms with Gasteiger partial charge in [-0.25, -0.2) is 4.79 Å². The van der Waals surface area contributed by atoms with Crippen LogP contribution in [0.15, 0.2) is 30.3 Å². The molecule has 0 spiro atoms. The molecule has 142 valence electrons. The van der Waals surface area contributed by atoms with Crippen molar-refractivity contribution in [2.24, 2.45) is 0 Å². The van der Waals surface area contributed by atoms with Crippen molar-refractivity contribution in [1.82, 2.24) is 0 Å². The minimum absolute atomic E-state index is 0.211. The Balaban J connectivity index is 1.78. The maximum Gasteiger partial charge on any atom is 0.338 e. The van der Waals surface area contributed by atoms with Crippen molar-refractivity contribution in [3.05, 3.63) is 35.9 Å². The van der Waals surface area contributed by atoms with E-state index in [0.29, 0.717) is 18.8 Å². The first kappa shape index (κ1) is 21.7. The maximum atomic E-state index is 11.7. The summed E-state index contributed by atoms with van der Waals surface area (Å²) >= 11 is 0. The van der Waals surface area contributed by atoms with Crippen molar-refractivity contribution in [1.29, 1.82) is 0 Å². The molecule has 0 fully saturated rings. The molecule has 0 unspecified atom stereocenters. The highest BCUT2D eigenvalue weighted by atomic mass is 16.5. The summed E-state index contributed by atoms with van der Waals surface area (Å²) in [6.07, 6.45) is 16.1. The normalized spacial score (nSPS) is 10.8. The van der Waals surface area contributed by atoms with Gasteiger partial charge < -0.3 is 9.84 Å². The van der Waals surface area contributed by atoms with E-state index in [1.165, 1.54) is 64.2 Å². The van der Waals surface area contributed by atoms with E-state index in [1.807, 2.05) is 18.2 Å². The number of carbonyl (C=O) groups excluding carboxylic acids is 1. The van der Waals surface area contributed by atoms with Crippen LogP contribution in [0.1, 0.15) is 93.8 Å². The lowest BCUT2D eigenvalue weighted by Gasteiger charge is -2.05. The molecule has 0 aliphatic heterocycles. The van der Waals surface area contributed by atoms with Crippen LogP contribution >= 0.6 is 0 Å². The van der Waals surface area contributed by atoms with Crippen LogP contribution in [0, 0.1) is 0 Å². The SMILES string of the molecule is O=C(OCCCCCCCCCCCCCCCO)c1ccccc1. The Morgan fingerprint density at radius 1 is 0.680 bits per heavy atom. The van der Waals surface area contributed by atoms with Gasteiger partial charge in [0.15, 0.2) is 0 Å². The maximum absolute atomic E-state index is 11.7. The first-order valence-electron chi connectivity index (χ1n) is 10.2. The number of carbonyl (C=O) groups is 1. The van der Waals surface area contributed by atoms with E-state index in [0.717, 1.165) is 19.3 Å². The third kappa shape index (κ3) is 12.6. The minimum atomic E-state index is -0.211. The van der Waals surface area contributed by atoms with E-state index < -0.39 is 0 Å². The quantitative estimate of drug-likeness (QED) is 0.298. The minimum Gasteiger partial charge on any atom is -0.462 e. The zero-order valence-corrected chi connectivity index (χ0v) is 15.8. The molecule has 0 bridgehead atoms. The molecule has 0 aliphatic rings. The highest BCUT2D eigenvalue weighted by Crippen LogP contribution is 2.12. The number of benzene rings is 1. The number of hydrogen-bond acceptors (Lipinski definition) is 3. The van der Waals surface area contributed by atoms with Gasteiger partial charge in [-0.1, -0.05) is 88.8 Å². The molecule has 1 aromatic rings. The Labute approximate surface area is 153 Å². The van der Waals surface area contributed by atoms with Gasteiger partial charge in [-0.3, -0.25) is 0 Å². The van der Waals surface area contributed by atoms with E-state index in [1.54, 1.807) is 12.1 Å². The van der Waals surface area contributed by atoms with E-state index in [2.05, 4.69) is 0 Å². The van der Waals surface area contributed by atoms with Gasteiger partial charge in [-0.15, -0.1) is 0 Å². The van der Waals surface area contributed by atoms with Gasteiger partial charge in [-0.05, 0) is 25.0 Å². The molecule has 0 aliphatic carbocycles. The lowest BCUT2D eigenvalue weighted by Crippen LogP contribution is -2.06. The van der Waals surface area contributed by atoms with Crippen LogP contribution in [-0.4, -0.2) is 24.3 Å². The van der Waals surface area contributed by atoms with Gasteiger partial charge in [0.2, 0.25) is 0 Å². The van der Waals surface area contributed by atoms with Crippen LogP contribution in [0.4, 0.5) is 0 Å². The van der Waals surface area contributed by atoms with Gasteiger partial charge in [-0.2, -0.15) is 0 Å². The van der Waals surface area contributed by atoms with Crippen LogP contribution in [-0.2, 0) is 4.74 Å². The zero-order valence-electron chi connectivity index (χ0n) is 15.8. The van der Waals surface area contributed by atoms with Crippen molar-refractivity contribution in [3.8, 4) is 0 Å². The fourth-order valence-electron chi connectivity index (χ4n) is 2.98. The molecule has 1 aromatic carbocycles. The topological polar surface area (TPSA) is 46.5 Å². The van der Waals surface area contributed by atoms with Crippen molar-refractivity contribution in [3.63, 3.8) is 0 Å². The number of hydrogen-bond donors (Lipinski definition) is 1. The third-order valence-corrected chi connectivity index (χ3v) is 4.55. The van der Waals surface area contributed by atoms with Crippen LogP contribution in [0.3, 0.4) is 0 Å². The number of ether oxygens (including phenoxy) is 1. The van der Waals surface area contributed by atoms with Crippen LogP contribution in [0.5, 0.6) is 0 Å². The summed E-state index contributed by atoms with van der Waals surface area (Å²) in [4.78, 5) is 11.7. The summed E-state index contributed by atoms with van der Waals surface area (Å²) in [6.45, 7) is 0.874. The molecule has 0 amide bonds. The first-order chi connectivity index (χ1) is 12.3. The van der Waals surface area contributed by atoms with Crippen molar-refractivity contribution in [2.75, 3.05) is 13.2 Å². The second-order valence-electron chi connectivity index (χ2n) is 6.82. The molecule has 25 heavy (non-hydrogen) atoms. The Hall–Kier alpha value is -1.35. The predicted molar refractivity (Wildman–Crippen MR) is 104 cm³/mol. The van der Waals surface area contributed by atoms with Gasteiger partial charge in [0.1, 0.15) is 0 Å². The fourth-order valence-corrected chi connectivity index (χ4v) is 2.98. The largest absolute Gasteiger partial charge is 0.462 e. The molecule has 0 saturated heterocycles. The summed E-state index contributed by atoms with van der Waals surface area (Å²) in [7, 11) is 0. The number of rotatable bonds is 16. The van der Waals surface area contributed by atoms with E-state index in [4.69, 9.17) is 9.84 Å². The molecular weight excluding hydrogens is 312 g/mol. The number of aliphatic hydroxyl groups excluding tert-OH is 1. The highest BCUT2D eigenvalue weighted by Gasteiger charge is 2.04. The molecule has 0 radical (unpaired) electrons. The summed E-state index contributed by atoms with van der Waals surface area (Å²) < 4.78 is 5.28. The molecule has 0 heterocycles. The average molecular weight is 349 g/mol. The monoisotopic (exact) mass is 348 g/mol. The van der Waals surface area contributed by atoms with Gasteiger partial charge in [0.25, 0.3) is 0 Å². The van der Waals surface area contributed by atoms with Gasteiger partial charge >= 0.3 is 5.97 Å². The van der Waals surface area contributed by atoms with Crippen LogP contribution in [0.25, 0.3) is 0 Å². The van der Waals surface area contributed by atoms with Crippen LogP contribution < -0.4 is 0 Å². The number of esters is 1. The lowest BCUT2D eigenvalue weighted by molar-refractivity contribution is 0.0497. The van der Waals surface area contributed by atoms with Gasteiger partial charge in [0.05, 0.1) is 12.2 Å². The van der Waals surface area contributed by atoms with Gasteiger partial charge in [0, 0.05) is 6.61 Å². The highest BCUT2D eigenvalue weighted by molar-refractivity contribution is 5.89. The molecule has 0 atom stereocenters. The Morgan fingerprint density at radius 2 is 1.12 bits per heavy atom. The molecular formula is C22H36O3. The lowest BCUT2D eigenvalue weighted by atomic mass is 10.0. The first-order valence-corrected chi connectivity index (χ1v) is 10.2. The third-order valence-electron chi connectivity index (χ3n) is 4.55. The smallest absolute Gasteiger partial charge is 0.338 e. The molecule has 1 rings (SSSR count). The van der Waals surface area contributed by atoms with Crippen molar-refractivity contribution < 1.29 is 14.6 Å². The Kier molecular flexibility index (Phi) is 14.0. The molecule has 3 nitrogen and oxygen atoms in total. The number of aliphatic hydroxyl groups is 1. The van der Waals surface area contributed by atoms with E-state index in [9.17, 15) is 4.79 Å². The fraction of sp³-hybridized carbons (Fsp3) is 0.682. The van der Waals surface area contributed by atoms with Crippen molar-refractivity contribution in [2.45, 2.75) is 83.5 Å². The van der Waals surface area contributed by atoms with Crippen LogP contribution in [0.2, 0.25) is 0 Å². The average Bonchev–Trinajstić information content (AvgIpc) is 2.65. The molecule has 3 heteroatoms. The standard InChI is InChI=1S/C22H36O3/c23-19-15-10-8-6-4-2-1-3-5-7-9-11-16-20-25-22(24)21-17-13-12-14-18-21/h12-14,17-18,23H,1-11,15-16,19-20H2. The Bertz CT molecular complexity index is 417.